The van der Waals surface area contributed by atoms with E-state index in [1.54, 1.807) is 0 Å². The van der Waals surface area contributed by atoms with Crippen LogP contribution in [0.4, 0.5) is 0 Å². The molecule has 0 radical (unpaired) electrons. The van der Waals surface area contributed by atoms with Crippen LogP contribution in [-0.2, 0) is 0 Å². The molecule has 0 fully saturated rings. The summed E-state index contributed by atoms with van der Waals surface area (Å²) in [5.41, 5.74) is 5.11. The summed E-state index contributed by atoms with van der Waals surface area (Å²) >= 11 is 5.83. The van der Waals surface area contributed by atoms with Crippen molar-refractivity contribution in [3.05, 3.63) is 44.0 Å². The van der Waals surface area contributed by atoms with Crippen molar-refractivity contribution in [2.45, 2.75) is 19.4 Å². The van der Waals surface area contributed by atoms with Crippen LogP contribution in [0.15, 0.2) is 34.8 Å². The summed E-state index contributed by atoms with van der Waals surface area (Å²) in [6.07, 6.45) is 0.842. The monoisotopic (exact) mass is 380 g/mol. The van der Waals surface area contributed by atoms with Gasteiger partial charge in [0.2, 0.25) is 0 Å². The maximum atomic E-state index is 5.56. The number of benzene rings is 1. The van der Waals surface area contributed by atoms with Crippen LogP contribution in [0.5, 0.6) is 0 Å². The molecule has 1 rings (SSSR count). The van der Waals surface area contributed by atoms with Gasteiger partial charge in [0.1, 0.15) is 0 Å². The molecule has 1 atom stereocenters. The van der Waals surface area contributed by atoms with Gasteiger partial charge in [-0.05, 0) is 59.7 Å². The summed E-state index contributed by atoms with van der Waals surface area (Å²) in [5.74, 6) is 5.56. The molecule has 0 aliphatic heterocycles. The number of hydrogen-bond donors (Lipinski definition) is 2. The number of hydrazine groups is 1. The quantitative estimate of drug-likeness (QED) is 0.363. The molecule has 0 amide bonds. The van der Waals surface area contributed by atoms with Crippen molar-refractivity contribution in [2.24, 2.45) is 5.84 Å². The lowest BCUT2D eigenvalue weighted by Gasteiger charge is -2.18. The van der Waals surface area contributed by atoms with E-state index in [1.165, 1.54) is 9.13 Å². The van der Waals surface area contributed by atoms with E-state index in [0.717, 1.165) is 16.5 Å². The molecule has 0 saturated carbocycles. The van der Waals surface area contributed by atoms with E-state index in [0.29, 0.717) is 0 Å². The first-order chi connectivity index (χ1) is 7.04. The molecule has 0 bridgehead atoms. The molecule has 0 aromatic heterocycles. The first-order valence-corrected chi connectivity index (χ1v) is 6.47. The first-order valence-electron chi connectivity index (χ1n) is 4.60. The molecule has 0 heterocycles. The van der Waals surface area contributed by atoms with Gasteiger partial charge in [0.15, 0.2) is 0 Å². The molecule has 1 aromatic rings. The van der Waals surface area contributed by atoms with Gasteiger partial charge in [-0.1, -0.05) is 21.5 Å². The molecule has 82 valence electrons. The highest BCUT2D eigenvalue weighted by Gasteiger charge is 2.13. The predicted molar refractivity (Wildman–Crippen MR) is 76.4 cm³/mol. The van der Waals surface area contributed by atoms with Gasteiger partial charge in [0, 0.05) is 8.04 Å². The third-order valence-electron chi connectivity index (χ3n) is 2.09. The van der Waals surface area contributed by atoms with Gasteiger partial charge >= 0.3 is 0 Å². The number of hydrogen-bond acceptors (Lipinski definition) is 2. The van der Waals surface area contributed by atoms with Crippen LogP contribution in [0.3, 0.4) is 0 Å². The number of halogens is 2. The van der Waals surface area contributed by atoms with Gasteiger partial charge in [-0.15, -0.1) is 6.58 Å². The molecule has 1 unspecified atom stereocenters. The maximum absolute atomic E-state index is 5.56. The third-order valence-corrected chi connectivity index (χ3v) is 3.48. The van der Waals surface area contributed by atoms with Crippen molar-refractivity contribution in [1.82, 2.24) is 5.43 Å². The number of rotatable bonds is 4. The second-order valence-electron chi connectivity index (χ2n) is 3.55. The van der Waals surface area contributed by atoms with E-state index in [1.807, 2.05) is 13.0 Å². The largest absolute Gasteiger partial charge is 0.271 e. The highest BCUT2D eigenvalue weighted by atomic mass is 127. The van der Waals surface area contributed by atoms with Gasteiger partial charge in [-0.3, -0.25) is 11.3 Å². The fourth-order valence-electron chi connectivity index (χ4n) is 1.39. The molecular weight excluding hydrogens is 367 g/mol. The second-order valence-corrected chi connectivity index (χ2v) is 5.65. The molecule has 15 heavy (non-hydrogen) atoms. The zero-order valence-corrected chi connectivity index (χ0v) is 12.3. The molecule has 1 aromatic carbocycles. The number of nitrogens with two attached hydrogens (primary N) is 1. The van der Waals surface area contributed by atoms with Crippen molar-refractivity contribution >= 4 is 38.5 Å². The van der Waals surface area contributed by atoms with Crippen LogP contribution in [0.1, 0.15) is 24.9 Å². The average molecular weight is 381 g/mol. The smallest absolute Gasteiger partial charge is 0.0508 e. The molecule has 0 spiro atoms. The van der Waals surface area contributed by atoms with Crippen LogP contribution < -0.4 is 11.3 Å². The van der Waals surface area contributed by atoms with Gasteiger partial charge in [-0.2, -0.15) is 0 Å². The number of nitrogens with one attached hydrogen (secondary N) is 1. The standard InChI is InChI=1S/C11H14BrIN2/c1-7(2)5-11(15-14)9-6-8(13)3-4-10(9)12/h3-4,6,11,15H,1,5,14H2,2H3. The zero-order chi connectivity index (χ0) is 11.4. The van der Waals surface area contributed by atoms with E-state index in [4.69, 9.17) is 5.84 Å². The third kappa shape index (κ3) is 3.86. The van der Waals surface area contributed by atoms with Crippen molar-refractivity contribution < 1.29 is 0 Å². The fourth-order valence-corrected chi connectivity index (χ4v) is 2.43. The molecule has 4 heteroatoms. The van der Waals surface area contributed by atoms with Gasteiger partial charge in [-0.25, -0.2) is 0 Å². The summed E-state index contributed by atoms with van der Waals surface area (Å²) < 4.78 is 2.28. The summed E-state index contributed by atoms with van der Waals surface area (Å²) in [6.45, 7) is 5.91. The Morgan fingerprint density at radius 1 is 1.67 bits per heavy atom. The molecule has 2 nitrogen and oxygen atoms in total. The summed E-state index contributed by atoms with van der Waals surface area (Å²) in [7, 11) is 0. The Bertz CT molecular complexity index is 366. The minimum atomic E-state index is 0.117. The van der Waals surface area contributed by atoms with E-state index < -0.39 is 0 Å². The Morgan fingerprint density at radius 2 is 2.33 bits per heavy atom. The van der Waals surface area contributed by atoms with Crippen LogP contribution in [0.25, 0.3) is 0 Å². The predicted octanol–water partition coefficient (Wildman–Crippen LogP) is 3.52. The lowest BCUT2D eigenvalue weighted by molar-refractivity contribution is 0.548. The molecular formula is C11H14BrIN2. The highest BCUT2D eigenvalue weighted by Crippen LogP contribution is 2.28. The van der Waals surface area contributed by atoms with Gasteiger partial charge in [0.05, 0.1) is 6.04 Å². The molecule has 3 N–H and O–H groups in total. The molecule has 0 aliphatic carbocycles. The van der Waals surface area contributed by atoms with Gasteiger partial charge < -0.3 is 0 Å². The topological polar surface area (TPSA) is 38.0 Å². The summed E-state index contributed by atoms with van der Waals surface area (Å²) in [4.78, 5) is 0. The minimum Gasteiger partial charge on any atom is -0.271 e. The summed E-state index contributed by atoms with van der Waals surface area (Å²) in [5, 5.41) is 0. The Balaban J connectivity index is 3.00. The van der Waals surface area contributed by atoms with E-state index >= 15 is 0 Å². The second kappa shape index (κ2) is 5.98. The minimum absolute atomic E-state index is 0.117. The first kappa shape index (κ1) is 13.2. The van der Waals surface area contributed by atoms with Gasteiger partial charge in [0.25, 0.3) is 0 Å². The Labute approximate surface area is 113 Å². The van der Waals surface area contributed by atoms with Crippen molar-refractivity contribution in [3.8, 4) is 0 Å². The maximum Gasteiger partial charge on any atom is 0.0508 e. The Hall–Kier alpha value is 0.0900. The summed E-state index contributed by atoms with van der Waals surface area (Å²) in [6, 6.07) is 6.34. The van der Waals surface area contributed by atoms with Crippen LogP contribution in [-0.4, -0.2) is 0 Å². The van der Waals surface area contributed by atoms with Crippen LogP contribution in [0, 0.1) is 3.57 Å². The Kier molecular flexibility index (Phi) is 5.25. The zero-order valence-electron chi connectivity index (χ0n) is 8.56. The molecule has 0 aliphatic rings. The van der Waals surface area contributed by atoms with Crippen molar-refractivity contribution in [3.63, 3.8) is 0 Å². The van der Waals surface area contributed by atoms with E-state index in [2.05, 4.69) is 62.7 Å². The normalized spacial score (nSPS) is 12.5. The average Bonchev–Trinajstić information content (AvgIpc) is 2.18. The Morgan fingerprint density at radius 3 is 2.87 bits per heavy atom. The lowest BCUT2D eigenvalue weighted by atomic mass is 10.0. The lowest BCUT2D eigenvalue weighted by Crippen LogP contribution is -2.28. The SMILES string of the molecule is C=C(C)CC(NN)c1cc(I)ccc1Br. The van der Waals surface area contributed by atoms with Crippen LogP contribution in [0.2, 0.25) is 0 Å². The molecule has 0 saturated heterocycles. The van der Waals surface area contributed by atoms with E-state index in [-0.39, 0.29) is 6.04 Å². The van der Waals surface area contributed by atoms with Crippen LogP contribution >= 0.6 is 38.5 Å². The van der Waals surface area contributed by atoms with Crippen molar-refractivity contribution in [2.75, 3.05) is 0 Å². The fraction of sp³-hybridized carbons (Fsp3) is 0.273. The highest BCUT2D eigenvalue weighted by molar-refractivity contribution is 14.1. The van der Waals surface area contributed by atoms with Crippen molar-refractivity contribution in [1.29, 1.82) is 0 Å². The van der Waals surface area contributed by atoms with E-state index in [9.17, 15) is 0 Å².